The molecular weight excluding hydrogens is 256 g/mol. The molecule has 0 N–H and O–H groups in total. The molecule has 0 bridgehead atoms. The lowest BCUT2D eigenvalue weighted by Gasteiger charge is -2.16. The van der Waals surface area contributed by atoms with Gasteiger partial charge in [-0.2, -0.15) is 0 Å². The second kappa shape index (κ2) is 4.74. The third-order valence-corrected chi connectivity index (χ3v) is 4.05. The van der Waals surface area contributed by atoms with Crippen LogP contribution in [0.1, 0.15) is 29.8 Å². The van der Waals surface area contributed by atoms with Gasteiger partial charge in [-0.3, -0.25) is 4.99 Å². The van der Waals surface area contributed by atoms with E-state index >= 15 is 0 Å². The van der Waals surface area contributed by atoms with Crippen LogP contribution in [0.25, 0.3) is 5.69 Å². The van der Waals surface area contributed by atoms with Crippen molar-refractivity contribution in [2.75, 3.05) is 0 Å². The monoisotopic (exact) mass is 272 g/mol. The zero-order chi connectivity index (χ0) is 14.2. The molecule has 21 heavy (non-hydrogen) atoms. The average molecular weight is 272 g/mol. The fraction of sp³-hybridized carbons (Fsp3) is 0.105. The molecule has 2 aromatic carbocycles. The number of aromatic nitrogens is 1. The zero-order valence-corrected chi connectivity index (χ0v) is 11.9. The van der Waals surface area contributed by atoms with Crippen molar-refractivity contribution in [1.82, 2.24) is 4.57 Å². The fourth-order valence-electron chi connectivity index (χ4n) is 3.04. The van der Waals surface area contributed by atoms with Crippen molar-refractivity contribution in [3.05, 3.63) is 89.7 Å². The summed E-state index contributed by atoms with van der Waals surface area (Å²) in [7, 11) is 0. The standard InChI is InChI=1S/C19H16N2/c1-14-17-12-7-13-21(17)18-11-6-5-10-16(18)19(20-14)15-8-3-2-4-9-15/h2-13,19H,1H3/t19-/m0/s1. The van der Waals surface area contributed by atoms with Crippen LogP contribution < -0.4 is 0 Å². The number of benzene rings is 2. The Balaban J connectivity index is 2.01. The Morgan fingerprint density at radius 3 is 2.48 bits per heavy atom. The number of rotatable bonds is 1. The molecule has 102 valence electrons. The summed E-state index contributed by atoms with van der Waals surface area (Å²) in [6, 6.07) is 23.3. The van der Waals surface area contributed by atoms with Gasteiger partial charge < -0.3 is 4.57 Å². The number of hydrogen-bond donors (Lipinski definition) is 0. The van der Waals surface area contributed by atoms with E-state index in [9.17, 15) is 0 Å². The second-order valence-electron chi connectivity index (χ2n) is 5.35. The maximum absolute atomic E-state index is 5.00. The van der Waals surface area contributed by atoms with Crippen molar-refractivity contribution in [2.45, 2.75) is 13.0 Å². The highest BCUT2D eigenvalue weighted by atomic mass is 15.0. The number of para-hydroxylation sites is 1. The lowest BCUT2D eigenvalue weighted by Crippen LogP contribution is -2.03. The van der Waals surface area contributed by atoms with Crippen LogP contribution >= 0.6 is 0 Å². The van der Waals surface area contributed by atoms with E-state index in [0.717, 1.165) is 5.71 Å². The van der Waals surface area contributed by atoms with Crippen LogP contribution in [0.3, 0.4) is 0 Å². The van der Waals surface area contributed by atoms with Gasteiger partial charge in [0.05, 0.1) is 17.1 Å². The molecule has 2 heterocycles. The van der Waals surface area contributed by atoms with Crippen LogP contribution in [0, 0.1) is 0 Å². The highest BCUT2D eigenvalue weighted by molar-refractivity contribution is 5.98. The third-order valence-electron chi connectivity index (χ3n) is 4.05. The van der Waals surface area contributed by atoms with Gasteiger partial charge in [-0.1, -0.05) is 48.5 Å². The van der Waals surface area contributed by atoms with E-state index in [1.807, 2.05) is 6.07 Å². The van der Waals surface area contributed by atoms with Crippen molar-refractivity contribution >= 4 is 5.71 Å². The summed E-state index contributed by atoms with van der Waals surface area (Å²) in [6.07, 6.45) is 2.11. The normalized spacial score (nSPS) is 16.6. The van der Waals surface area contributed by atoms with Gasteiger partial charge in [0.15, 0.2) is 0 Å². The smallest absolute Gasteiger partial charge is 0.102 e. The SMILES string of the molecule is CC1=N[C@@H](c2ccccc2)c2ccccc2-n2cccc21. The van der Waals surface area contributed by atoms with E-state index in [0.29, 0.717) is 0 Å². The predicted molar refractivity (Wildman–Crippen MR) is 86.3 cm³/mol. The topological polar surface area (TPSA) is 17.3 Å². The molecule has 0 aliphatic carbocycles. The first-order valence-corrected chi connectivity index (χ1v) is 7.21. The summed E-state index contributed by atoms with van der Waals surface area (Å²) in [5.74, 6) is 0. The molecule has 1 aliphatic heterocycles. The third kappa shape index (κ3) is 1.91. The van der Waals surface area contributed by atoms with Gasteiger partial charge in [0.25, 0.3) is 0 Å². The molecule has 1 aliphatic rings. The largest absolute Gasteiger partial charge is 0.315 e. The van der Waals surface area contributed by atoms with E-state index in [-0.39, 0.29) is 6.04 Å². The van der Waals surface area contributed by atoms with Gasteiger partial charge in [0, 0.05) is 11.8 Å². The van der Waals surface area contributed by atoms with Crippen LogP contribution in [0.5, 0.6) is 0 Å². The van der Waals surface area contributed by atoms with E-state index in [1.54, 1.807) is 0 Å². The van der Waals surface area contributed by atoms with Crippen molar-refractivity contribution in [1.29, 1.82) is 0 Å². The summed E-state index contributed by atoms with van der Waals surface area (Å²) in [5, 5.41) is 0. The quantitative estimate of drug-likeness (QED) is 0.625. The molecule has 0 radical (unpaired) electrons. The van der Waals surface area contributed by atoms with Gasteiger partial charge >= 0.3 is 0 Å². The minimum absolute atomic E-state index is 0.0577. The minimum atomic E-state index is 0.0577. The summed E-state index contributed by atoms with van der Waals surface area (Å²) in [4.78, 5) is 5.00. The molecule has 4 rings (SSSR count). The van der Waals surface area contributed by atoms with Crippen molar-refractivity contribution < 1.29 is 0 Å². The van der Waals surface area contributed by atoms with E-state index in [1.165, 1.54) is 22.5 Å². The Kier molecular flexibility index (Phi) is 2.74. The van der Waals surface area contributed by atoms with E-state index in [2.05, 4.69) is 78.4 Å². The van der Waals surface area contributed by atoms with Crippen molar-refractivity contribution in [2.24, 2.45) is 4.99 Å². The highest BCUT2D eigenvalue weighted by Gasteiger charge is 2.22. The van der Waals surface area contributed by atoms with Gasteiger partial charge in [-0.15, -0.1) is 0 Å². The molecule has 0 unspecified atom stereocenters. The lowest BCUT2D eigenvalue weighted by molar-refractivity contribution is 0.868. The molecule has 0 saturated heterocycles. The molecule has 2 heteroatoms. The highest BCUT2D eigenvalue weighted by Crippen LogP contribution is 2.34. The van der Waals surface area contributed by atoms with Gasteiger partial charge in [-0.25, -0.2) is 0 Å². The first kappa shape index (κ1) is 12.2. The minimum Gasteiger partial charge on any atom is -0.315 e. The lowest BCUT2D eigenvalue weighted by atomic mass is 9.98. The summed E-state index contributed by atoms with van der Waals surface area (Å²) in [6.45, 7) is 2.09. The van der Waals surface area contributed by atoms with E-state index in [4.69, 9.17) is 4.99 Å². The van der Waals surface area contributed by atoms with Gasteiger partial charge in [0.2, 0.25) is 0 Å². The van der Waals surface area contributed by atoms with Gasteiger partial charge in [-0.05, 0) is 30.7 Å². The first-order valence-electron chi connectivity index (χ1n) is 7.21. The first-order chi connectivity index (χ1) is 10.3. The van der Waals surface area contributed by atoms with Crippen LogP contribution in [0.2, 0.25) is 0 Å². The summed E-state index contributed by atoms with van der Waals surface area (Å²) >= 11 is 0. The molecule has 0 amide bonds. The Labute approximate surface area is 124 Å². The number of nitrogens with zero attached hydrogens (tertiary/aromatic N) is 2. The van der Waals surface area contributed by atoms with Crippen molar-refractivity contribution in [3.63, 3.8) is 0 Å². The molecule has 0 saturated carbocycles. The van der Waals surface area contributed by atoms with E-state index < -0.39 is 0 Å². The molecular formula is C19H16N2. The van der Waals surface area contributed by atoms with Crippen molar-refractivity contribution in [3.8, 4) is 5.69 Å². The van der Waals surface area contributed by atoms with Crippen LogP contribution in [0.15, 0.2) is 77.9 Å². The second-order valence-corrected chi connectivity index (χ2v) is 5.35. The van der Waals surface area contributed by atoms with Crippen LogP contribution in [0.4, 0.5) is 0 Å². The molecule has 3 aromatic rings. The summed E-state index contributed by atoms with van der Waals surface area (Å²) in [5.41, 5.74) is 5.94. The maximum atomic E-state index is 5.00. The number of fused-ring (bicyclic) bond motifs is 3. The number of hydrogen-bond acceptors (Lipinski definition) is 1. The average Bonchev–Trinajstić information content (AvgIpc) is 2.99. The Morgan fingerprint density at radius 2 is 1.62 bits per heavy atom. The van der Waals surface area contributed by atoms with Crippen LogP contribution in [-0.2, 0) is 0 Å². The van der Waals surface area contributed by atoms with Crippen LogP contribution in [-0.4, -0.2) is 10.3 Å². The Bertz CT molecular complexity index is 812. The van der Waals surface area contributed by atoms with Gasteiger partial charge in [0.1, 0.15) is 6.04 Å². The Morgan fingerprint density at radius 1 is 0.857 bits per heavy atom. The molecule has 2 nitrogen and oxygen atoms in total. The fourth-order valence-corrected chi connectivity index (χ4v) is 3.04. The maximum Gasteiger partial charge on any atom is 0.102 e. The summed E-state index contributed by atoms with van der Waals surface area (Å²) < 4.78 is 2.23. The zero-order valence-electron chi connectivity index (χ0n) is 11.9. The number of aliphatic imine (C=N–C) groups is 1. The molecule has 0 spiro atoms. The molecule has 1 atom stereocenters. The Hall–Kier alpha value is -2.61. The predicted octanol–water partition coefficient (Wildman–Crippen LogP) is 4.39. The molecule has 0 fully saturated rings. The molecule has 1 aromatic heterocycles.